The van der Waals surface area contributed by atoms with Gasteiger partial charge in [0.25, 0.3) is 0 Å². The van der Waals surface area contributed by atoms with Crippen LogP contribution in [0, 0.1) is 0 Å². The third kappa shape index (κ3) is 3.88. The first-order valence-corrected chi connectivity index (χ1v) is 10.5. The Morgan fingerprint density at radius 3 is 2.67 bits per heavy atom. The average molecular weight is 387 g/mol. The van der Waals surface area contributed by atoms with Crippen molar-refractivity contribution in [3.05, 3.63) is 28.0 Å². The van der Waals surface area contributed by atoms with Gasteiger partial charge < -0.3 is 0 Å². The monoisotopic (exact) mass is 386 g/mol. The lowest BCUT2D eigenvalue weighted by Crippen LogP contribution is -2.18. The second-order valence-corrected chi connectivity index (χ2v) is 8.85. The molecule has 0 aliphatic heterocycles. The van der Waals surface area contributed by atoms with Crippen molar-refractivity contribution >= 4 is 33.0 Å². The number of rotatable bonds is 3. The molecule has 1 aromatic carbocycles. The highest BCUT2D eigenvalue weighted by Crippen LogP contribution is 2.30. The van der Waals surface area contributed by atoms with Crippen LogP contribution in [0.4, 0.5) is 0 Å². The number of aromatic nitrogens is 2. The third-order valence-electron chi connectivity index (χ3n) is 4.07. The quantitative estimate of drug-likeness (QED) is 0.879. The zero-order valence-corrected chi connectivity index (χ0v) is 15.7. The summed E-state index contributed by atoms with van der Waals surface area (Å²) in [4.78, 5) is 5.65. The van der Waals surface area contributed by atoms with E-state index in [2.05, 4.69) is 5.10 Å². The van der Waals surface area contributed by atoms with Gasteiger partial charge in [-0.25, -0.2) is 18.2 Å². The molecule has 2 N–H and O–H groups in total. The van der Waals surface area contributed by atoms with E-state index < -0.39 is 10.0 Å². The Hall–Kier alpha value is -1.22. The number of primary sulfonamides is 1. The molecule has 0 saturated heterocycles. The molecule has 3 rings (SSSR count). The van der Waals surface area contributed by atoms with Crippen LogP contribution in [0.15, 0.2) is 28.1 Å². The van der Waals surface area contributed by atoms with Gasteiger partial charge in [-0.3, -0.25) is 4.99 Å². The highest BCUT2D eigenvalue weighted by molar-refractivity contribution is 7.89. The Bertz CT molecular complexity index is 912. The van der Waals surface area contributed by atoms with E-state index in [1.165, 1.54) is 42.7 Å². The number of benzene rings is 1. The minimum Gasteiger partial charge on any atom is -0.254 e. The SMILES string of the molecule is Cn1nc(-c2ccc(S(N)(=O)=O)cc2Cl)sc1=NC1CCCCC1. The summed E-state index contributed by atoms with van der Waals surface area (Å²) in [6, 6.07) is 4.78. The van der Waals surface area contributed by atoms with Crippen molar-refractivity contribution in [2.45, 2.75) is 43.0 Å². The van der Waals surface area contributed by atoms with Gasteiger partial charge in [0.1, 0.15) is 5.01 Å². The molecule has 1 aliphatic rings. The van der Waals surface area contributed by atoms with Crippen LogP contribution in [-0.2, 0) is 17.1 Å². The first kappa shape index (κ1) is 17.6. The minimum absolute atomic E-state index is 0.00991. The van der Waals surface area contributed by atoms with Crippen molar-refractivity contribution in [3.8, 4) is 10.6 Å². The molecule has 1 fully saturated rings. The molecule has 0 bridgehead atoms. The number of halogens is 1. The zero-order valence-electron chi connectivity index (χ0n) is 13.3. The Morgan fingerprint density at radius 1 is 1.33 bits per heavy atom. The van der Waals surface area contributed by atoms with E-state index in [-0.39, 0.29) is 4.90 Å². The van der Waals surface area contributed by atoms with Crippen LogP contribution in [0.25, 0.3) is 10.6 Å². The van der Waals surface area contributed by atoms with Crippen molar-refractivity contribution in [1.82, 2.24) is 9.78 Å². The van der Waals surface area contributed by atoms with E-state index in [9.17, 15) is 8.42 Å². The number of hydrogen-bond donors (Lipinski definition) is 1. The lowest BCUT2D eigenvalue weighted by molar-refractivity contribution is 0.434. The highest BCUT2D eigenvalue weighted by atomic mass is 35.5. The largest absolute Gasteiger partial charge is 0.254 e. The van der Waals surface area contributed by atoms with Gasteiger partial charge in [0.2, 0.25) is 14.8 Å². The van der Waals surface area contributed by atoms with E-state index in [1.54, 1.807) is 10.7 Å². The molecule has 1 aromatic heterocycles. The maximum Gasteiger partial charge on any atom is 0.238 e. The second-order valence-electron chi connectivity index (χ2n) is 5.92. The Balaban J connectivity index is 1.96. The van der Waals surface area contributed by atoms with E-state index in [1.807, 2.05) is 7.05 Å². The third-order valence-corrected chi connectivity index (χ3v) is 6.34. The molecular formula is C15H19ClN4O2S2. The molecule has 130 valence electrons. The molecule has 9 heteroatoms. The molecule has 1 heterocycles. The fourth-order valence-corrected chi connectivity index (χ4v) is 4.71. The second kappa shape index (κ2) is 6.95. The fraction of sp³-hybridized carbons (Fsp3) is 0.467. The highest BCUT2D eigenvalue weighted by Gasteiger charge is 2.16. The van der Waals surface area contributed by atoms with Crippen LogP contribution in [-0.4, -0.2) is 24.2 Å². The Morgan fingerprint density at radius 2 is 2.04 bits per heavy atom. The number of nitrogens with zero attached hydrogens (tertiary/aromatic N) is 3. The van der Waals surface area contributed by atoms with Crippen molar-refractivity contribution in [2.24, 2.45) is 17.2 Å². The topological polar surface area (TPSA) is 90.3 Å². The first-order chi connectivity index (χ1) is 11.3. The van der Waals surface area contributed by atoms with E-state index >= 15 is 0 Å². The summed E-state index contributed by atoms with van der Waals surface area (Å²) >= 11 is 7.68. The molecule has 0 atom stereocenters. The summed E-state index contributed by atoms with van der Waals surface area (Å²) in [5.74, 6) is 0. The molecule has 0 radical (unpaired) electrons. The van der Waals surface area contributed by atoms with E-state index in [0.717, 1.165) is 17.6 Å². The predicted molar refractivity (Wildman–Crippen MR) is 95.3 cm³/mol. The molecule has 24 heavy (non-hydrogen) atoms. The predicted octanol–water partition coefficient (Wildman–Crippen LogP) is 2.68. The smallest absolute Gasteiger partial charge is 0.238 e. The molecule has 6 nitrogen and oxygen atoms in total. The van der Waals surface area contributed by atoms with E-state index in [0.29, 0.717) is 21.6 Å². The summed E-state index contributed by atoms with van der Waals surface area (Å²) in [5.41, 5.74) is 0.676. The van der Waals surface area contributed by atoms with Crippen LogP contribution in [0.2, 0.25) is 5.02 Å². The Kier molecular flexibility index (Phi) is 5.10. The number of aryl methyl sites for hydroxylation is 1. The molecule has 0 spiro atoms. The van der Waals surface area contributed by atoms with Crippen LogP contribution in [0.3, 0.4) is 0 Å². The lowest BCUT2D eigenvalue weighted by atomic mass is 9.96. The van der Waals surface area contributed by atoms with Gasteiger partial charge in [-0.15, -0.1) is 0 Å². The number of hydrogen-bond acceptors (Lipinski definition) is 5. The zero-order chi connectivity index (χ0) is 17.3. The first-order valence-electron chi connectivity index (χ1n) is 7.75. The molecule has 0 amide bonds. The molecule has 1 aliphatic carbocycles. The maximum absolute atomic E-state index is 11.4. The van der Waals surface area contributed by atoms with Gasteiger partial charge in [0.05, 0.1) is 16.0 Å². The molecular weight excluding hydrogens is 368 g/mol. The van der Waals surface area contributed by atoms with Crippen LogP contribution < -0.4 is 9.94 Å². The summed E-state index contributed by atoms with van der Waals surface area (Å²) in [6.07, 6.45) is 5.99. The normalized spacial score (nSPS) is 17.4. The van der Waals surface area contributed by atoms with Gasteiger partial charge in [0, 0.05) is 12.6 Å². The standard InChI is InChI=1S/C15H19ClN4O2S2/c1-20-15(18-10-5-3-2-4-6-10)23-14(19-20)12-8-7-11(9-13(12)16)24(17,21)22/h7-10H,2-6H2,1H3,(H2,17,21,22). The van der Waals surface area contributed by atoms with Crippen molar-refractivity contribution in [3.63, 3.8) is 0 Å². The summed E-state index contributed by atoms with van der Waals surface area (Å²) < 4.78 is 24.5. The van der Waals surface area contributed by atoms with Crippen molar-refractivity contribution in [2.75, 3.05) is 0 Å². The van der Waals surface area contributed by atoms with Crippen molar-refractivity contribution in [1.29, 1.82) is 0 Å². The van der Waals surface area contributed by atoms with Gasteiger partial charge in [-0.05, 0) is 31.0 Å². The average Bonchev–Trinajstić information content (AvgIpc) is 2.88. The van der Waals surface area contributed by atoms with Crippen LogP contribution >= 0.6 is 22.9 Å². The summed E-state index contributed by atoms with van der Waals surface area (Å²) in [5, 5.41) is 10.6. The maximum atomic E-state index is 11.4. The van der Waals surface area contributed by atoms with Gasteiger partial charge >= 0.3 is 0 Å². The molecule has 0 unspecified atom stereocenters. The summed E-state index contributed by atoms with van der Waals surface area (Å²) in [7, 11) is -1.92. The molecule has 2 aromatic rings. The van der Waals surface area contributed by atoms with Gasteiger partial charge in [0.15, 0.2) is 0 Å². The number of nitrogens with two attached hydrogens (primary N) is 1. The lowest BCUT2D eigenvalue weighted by Gasteiger charge is -2.16. The summed E-state index contributed by atoms with van der Waals surface area (Å²) in [6.45, 7) is 0. The minimum atomic E-state index is -3.77. The fourth-order valence-electron chi connectivity index (χ4n) is 2.78. The molecule has 1 saturated carbocycles. The van der Waals surface area contributed by atoms with Gasteiger partial charge in [-0.1, -0.05) is 42.2 Å². The number of sulfonamides is 1. The van der Waals surface area contributed by atoms with Crippen LogP contribution in [0.5, 0.6) is 0 Å². The van der Waals surface area contributed by atoms with Crippen LogP contribution in [0.1, 0.15) is 32.1 Å². The Labute approximate surface area is 150 Å². The van der Waals surface area contributed by atoms with E-state index in [4.69, 9.17) is 21.7 Å². The van der Waals surface area contributed by atoms with Crippen molar-refractivity contribution < 1.29 is 8.42 Å². The van der Waals surface area contributed by atoms with Gasteiger partial charge in [-0.2, -0.15) is 5.10 Å².